The molecule has 2 aromatic rings. The van der Waals surface area contributed by atoms with E-state index in [0.717, 1.165) is 0 Å². The van der Waals surface area contributed by atoms with Crippen LogP contribution in [0.15, 0.2) is 59.7 Å². The molecule has 2 aromatic carbocycles. The number of carbonyl (C=O) groups excluding carboxylic acids is 2. The molecule has 0 saturated carbocycles. The summed E-state index contributed by atoms with van der Waals surface area (Å²) in [5, 5.41) is 0.968. The van der Waals surface area contributed by atoms with Gasteiger partial charge in [0.05, 0.1) is 22.5 Å². The predicted molar refractivity (Wildman–Crippen MR) is 102 cm³/mol. The van der Waals surface area contributed by atoms with Gasteiger partial charge in [0.2, 0.25) is 0 Å². The van der Waals surface area contributed by atoms with Crippen molar-refractivity contribution in [2.24, 2.45) is 0 Å². The largest absolute Gasteiger partial charge is 0.310 e. The molecule has 2 aliphatic rings. The van der Waals surface area contributed by atoms with Gasteiger partial charge >= 0.3 is 0 Å². The monoisotopic (exact) mass is 384 g/mol. The van der Waals surface area contributed by atoms with Gasteiger partial charge in [0, 0.05) is 35.3 Å². The molecule has 0 unspecified atom stereocenters. The first-order valence-electron chi connectivity index (χ1n) is 7.98. The summed E-state index contributed by atoms with van der Waals surface area (Å²) in [7, 11) is 3.30. The second kappa shape index (κ2) is 6.01. The van der Waals surface area contributed by atoms with Crippen LogP contribution in [0.2, 0.25) is 10.0 Å². The number of rotatable bonds is 2. The number of amides is 2. The molecule has 0 fully saturated rings. The highest BCUT2D eigenvalue weighted by Gasteiger charge is 2.47. The molecule has 26 heavy (non-hydrogen) atoms. The van der Waals surface area contributed by atoms with Crippen LogP contribution in [0.4, 0.5) is 0 Å². The van der Waals surface area contributed by atoms with Gasteiger partial charge in [-0.05, 0) is 12.1 Å². The van der Waals surface area contributed by atoms with E-state index in [4.69, 9.17) is 23.2 Å². The first-order valence-corrected chi connectivity index (χ1v) is 8.74. The summed E-state index contributed by atoms with van der Waals surface area (Å²) in [5.74, 6) is -0.495. The molecule has 0 saturated heterocycles. The average Bonchev–Trinajstić information content (AvgIpc) is 3.02. The maximum Gasteiger partial charge on any atom is 0.261 e. The third-order valence-corrected chi connectivity index (χ3v) is 5.35. The van der Waals surface area contributed by atoms with E-state index < -0.39 is 0 Å². The van der Waals surface area contributed by atoms with Gasteiger partial charge < -0.3 is 9.80 Å². The van der Waals surface area contributed by atoms with Crippen LogP contribution in [0.3, 0.4) is 0 Å². The van der Waals surface area contributed by atoms with Crippen LogP contribution in [-0.2, 0) is 9.59 Å². The van der Waals surface area contributed by atoms with Gasteiger partial charge in [0.25, 0.3) is 11.8 Å². The molecule has 2 amide bonds. The van der Waals surface area contributed by atoms with Gasteiger partial charge in [-0.1, -0.05) is 59.6 Å². The molecule has 0 N–H and O–H groups in total. The highest BCUT2D eigenvalue weighted by molar-refractivity contribution is 6.36. The summed E-state index contributed by atoms with van der Waals surface area (Å²) in [5.41, 5.74) is 3.07. The van der Waals surface area contributed by atoms with Crippen LogP contribution in [0.5, 0.6) is 0 Å². The molecular formula is C20H14Cl2N2O2. The van der Waals surface area contributed by atoms with Crippen LogP contribution < -0.4 is 0 Å². The molecule has 2 heterocycles. The normalized spacial score (nSPS) is 16.9. The van der Waals surface area contributed by atoms with Crippen molar-refractivity contribution in [1.82, 2.24) is 9.80 Å². The highest BCUT2D eigenvalue weighted by Crippen LogP contribution is 2.47. The number of hydrogen-bond donors (Lipinski definition) is 0. The lowest BCUT2D eigenvalue weighted by molar-refractivity contribution is -0.123. The van der Waals surface area contributed by atoms with Gasteiger partial charge in [-0.25, -0.2) is 0 Å². The van der Waals surface area contributed by atoms with E-state index in [0.29, 0.717) is 43.7 Å². The zero-order chi connectivity index (χ0) is 18.6. The Labute approximate surface area is 160 Å². The van der Waals surface area contributed by atoms with Crippen LogP contribution in [-0.4, -0.2) is 35.7 Å². The zero-order valence-corrected chi connectivity index (χ0v) is 15.6. The fraction of sp³-hybridized carbons (Fsp3) is 0.100. The molecular weight excluding hydrogens is 371 g/mol. The van der Waals surface area contributed by atoms with Gasteiger partial charge in [-0.2, -0.15) is 0 Å². The zero-order valence-electron chi connectivity index (χ0n) is 14.1. The van der Waals surface area contributed by atoms with Crippen molar-refractivity contribution < 1.29 is 9.59 Å². The van der Waals surface area contributed by atoms with Crippen molar-refractivity contribution in [2.45, 2.75) is 0 Å². The Kier molecular flexibility index (Phi) is 3.90. The third-order valence-electron chi connectivity index (χ3n) is 4.69. The molecule has 0 aliphatic carbocycles. The number of carbonyl (C=O) groups is 2. The first kappa shape index (κ1) is 16.9. The van der Waals surface area contributed by atoms with Crippen molar-refractivity contribution in [3.05, 3.63) is 80.8 Å². The molecule has 4 nitrogen and oxygen atoms in total. The Morgan fingerprint density at radius 3 is 1.35 bits per heavy atom. The van der Waals surface area contributed by atoms with Gasteiger partial charge in [0.1, 0.15) is 0 Å². The van der Waals surface area contributed by atoms with E-state index in [1.54, 1.807) is 38.4 Å². The lowest BCUT2D eigenvalue weighted by Gasteiger charge is -2.20. The van der Waals surface area contributed by atoms with E-state index >= 15 is 0 Å². The Balaban J connectivity index is 2.05. The van der Waals surface area contributed by atoms with Crippen molar-refractivity contribution in [3.63, 3.8) is 0 Å². The van der Waals surface area contributed by atoms with E-state index in [2.05, 4.69) is 0 Å². The molecule has 0 spiro atoms. The van der Waals surface area contributed by atoms with E-state index in [-0.39, 0.29) is 11.8 Å². The Morgan fingerprint density at radius 1 is 0.654 bits per heavy atom. The summed E-state index contributed by atoms with van der Waals surface area (Å²) >= 11 is 12.7. The van der Waals surface area contributed by atoms with Gasteiger partial charge in [-0.15, -0.1) is 0 Å². The predicted octanol–water partition coefficient (Wildman–Crippen LogP) is 4.06. The van der Waals surface area contributed by atoms with Crippen molar-refractivity contribution in [3.8, 4) is 0 Å². The molecule has 0 atom stereocenters. The molecule has 6 heteroatoms. The minimum Gasteiger partial charge on any atom is -0.310 e. The summed E-state index contributed by atoms with van der Waals surface area (Å²) in [4.78, 5) is 29.0. The minimum absolute atomic E-state index is 0.248. The second-order valence-electron chi connectivity index (χ2n) is 6.14. The number of fused-ring (bicyclic) bond motifs is 1. The van der Waals surface area contributed by atoms with Crippen molar-refractivity contribution >= 4 is 46.4 Å². The topological polar surface area (TPSA) is 40.6 Å². The standard InChI is InChI=1S/C20H14Cl2N2O2/c1-23-17(11-7-3-5-9-13(11)21)15-16(19(23)25)18(24(2)20(15)26)12-8-4-6-10-14(12)22/h3-10H,1-2H3. The number of hydrogen-bond acceptors (Lipinski definition) is 2. The lowest BCUT2D eigenvalue weighted by atomic mass is 10.0. The molecule has 2 aliphatic heterocycles. The van der Waals surface area contributed by atoms with Gasteiger partial charge in [0.15, 0.2) is 0 Å². The molecule has 0 aromatic heterocycles. The summed E-state index contributed by atoms with van der Waals surface area (Å²) < 4.78 is 0. The Morgan fingerprint density at radius 2 is 1.00 bits per heavy atom. The average molecular weight is 385 g/mol. The van der Waals surface area contributed by atoms with E-state index in [9.17, 15) is 9.59 Å². The van der Waals surface area contributed by atoms with Crippen molar-refractivity contribution in [2.75, 3.05) is 14.1 Å². The summed E-state index contributed by atoms with van der Waals surface area (Å²) in [6.45, 7) is 0. The Bertz CT molecular complexity index is 956. The maximum absolute atomic E-state index is 13.0. The van der Waals surface area contributed by atoms with Crippen LogP contribution in [0.25, 0.3) is 11.4 Å². The summed E-state index contributed by atoms with van der Waals surface area (Å²) in [6, 6.07) is 14.4. The van der Waals surface area contributed by atoms with Gasteiger partial charge in [-0.3, -0.25) is 9.59 Å². The molecule has 130 valence electrons. The fourth-order valence-electron chi connectivity index (χ4n) is 3.46. The lowest BCUT2D eigenvalue weighted by Crippen LogP contribution is -2.25. The Hall–Kier alpha value is -2.56. The molecule has 0 bridgehead atoms. The molecule has 0 radical (unpaired) electrons. The van der Waals surface area contributed by atoms with E-state index in [1.807, 2.05) is 24.3 Å². The van der Waals surface area contributed by atoms with E-state index in [1.165, 1.54) is 9.80 Å². The highest BCUT2D eigenvalue weighted by atomic mass is 35.5. The van der Waals surface area contributed by atoms with Crippen molar-refractivity contribution in [1.29, 1.82) is 0 Å². The smallest absolute Gasteiger partial charge is 0.261 e. The number of likely N-dealkylation sites (N-methyl/N-ethyl adjacent to an activating group) is 2. The second-order valence-corrected chi connectivity index (χ2v) is 6.95. The number of nitrogens with zero attached hydrogens (tertiary/aromatic N) is 2. The quantitative estimate of drug-likeness (QED) is 0.783. The first-order chi connectivity index (χ1) is 12.4. The fourth-order valence-corrected chi connectivity index (χ4v) is 3.91. The van der Waals surface area contributed by atoms with Crippen LogP contribution >= 0.6 is 23.2 Å². The maximum atomic E-state index is 13.0. The SMILES string of the molecule is CN1C(=O)C2=C(c3ccccc3Cl)N(C)C(=O)C2=C1c1ccccc1Cl. The third kappa shape index (κ3) is 2.23. The summed E-state index contributed by atoms with van der Waals surface area (Å²) in [6.07, 6.45) is 0. The van der Waals surface area contributed by atoms with Crippen LogP contribution in [0, 0.1) is 0 Å². The minimum atomic E-state index is -0.248. The molecule has 4 rings (SSSR count). The van der Waals surface area contributed by atoms with Crippen LogP contribution in [0.1, 0.15) is 11.1 Å². The number of benzene rings is 2. The number of halogens is 2.